The molecule has 0 radical (unpaired) electrons. The monoisotopic (exact) mass is 371 g/mol. The first-order valence-corrected chi connectivity index (χ1v) is 8.33. The highest BCUT2D eigenvalue weighted by molar-refractivity contribution is 9.10. The Kier molecular flexibility index (Phi) is 5.10. The number of nitrogens with one attached hydrogen (secondary N) is 3. The first kappa shape index (κ1) is 15.8. The summed E-state index contributed by atoms with van der Waals surface area (Å²) < 4.78 is 0.993. The Bertz CT molecular complexity index is 795. The van der Waals surface area contributed by atoms with Gasteiger partial charge in [-0.1, -0.05) is 34.1 Å². The second-order valence-electron chi connectivity index (χ2n) is 5.34. The number of aromatic amines is 1. The van der Waals surface area contributed by atoms with Gasteiger partial charge in [-0.05, 0) is 48.9 Å². The number of H-pyrrole nitrogens is 1. The zero-order valence-corrected chi connectivity index (χ0v) is 14.2. The van der Waals surface area contributed by atoms with E-state index in [0.29, 0.717) is 6.54 Å². The lowest BCUT2D eigenvalue weighted by molar-refractivity contribution is -0.115. The number of fused-ring (bicyclic) bond motifs is 1. The van der Waals surface area contributed by atoms with Crippen molar-refractivity contribution in [2.24, 2.45) is 0 Å². The van der Waals surface area contributed by atoms with Crippen molar-refractivity contribution in [1.82, 2.24) is 10.3 Å². The van der Waals surface area contributed by atoms with Crippen molar-refractivity contribution < 1.29 is 4.79 Å². The van der Waals surface area contributed by atoms with E-state index in [1.807, 2.05) is 42.6 Å². The quantitative estimate of drug-likeness (QED) is 0.578. The third kappa shape index (κ3) is 4.21. The Morgan fingerprint density at radius 2 is 1.87 bits per heavy atom. The number of aromatic nitrogens is 1. The van der Waals surface area contributed by atoms with Crippen LogP contribution in [0.4, 0.5) is 5.69 Å². The predicted octanol–water partition coefficient (Wildman–Crippen LogP) is 3.70. The van der Waals surface area contributed by atoms with Crippen molar-refractivity contribution in [1.29, 1.82) is 0 Å². The van der Waals surface area contributed by atoms with Gasteiger partial charge in [-0.15, -0.1) is 0 Å². The third-order valence-electron chi connectivity index (χ3n) is 3.66. The Hall–Kier alpha value is -2.11. The van der Waals surface area contributed by atoms with E-state index < -0.39 is 0 Å². The molecule has 0 aliphatic carbocycles. The summed E-state index contributed by atoms with van der Waals surface area (Å²) in [4.78, 5) is 15.1. The van der Waals surface area contributed by atoms with E-state index in [9.17, 15) is 4.79 Å². The average molecular weight is 372 g/mol. The Labute approximate surface area is 143 Å². The first-order chi connectivity index (χ1) is 11.2. The minimum Gasteiger partial charge on any atom is -0.361 e. The Morgan fingerprint density at radius 1 is 1.09 bits per heavy atom. The van der Waals surface area contributed by atoms with Gasteiger partial charge in [0.15, 0.2) is 0 Å². The Balaban J connectivity index is 1.44. The molecule has 0 spiro atoms. The lowest BCUT2D eigenvalue weighted by atomic mass is 10.1. The van der Waals surface area contributed by atoms with Gasteiger partial charge in [0.2, 0.25) is 5.91 Å². The van der Waals surface area contributed by atoms with Crippen LogP contribution in [0.15, 0.2) is 59.2 Å². The summed E-state index contributed by atoms with van der Waals surface area (Å²) in [7, 11) is 0. The molecule has 3 aromatic rings. The second-order valence-corrected chi connectivity index (χ2v) is 6.26. The minimum atomic E-state index is -0.0359. The molecule has 0 saturated heterocycles. The topological polar surface area (TPSA) is 56.9 Å². The smallest absolute Gasteiger partial charge is 0.238 e. The van der Waals surface area contributed by atoms with Crippen LogP contribution in [-0.2, 0) is 11.2 Å². The molecule has 0 aliphatic heterocycles. The van der Waals surface area contributed by atoms with Crippen molar-refractivity contribution in [2.45, 2.75) is 6.42 Å². The number of carbonyl (C=O) groups is 1. The maximum absolute atomic E-state index is 11.9. The molecular weight excluding hydrogens is 354 g/mol. The number of amides is 1. The molecule has 0 aliphatic rings. The van der Waals surface area contributed by atoms with Crippen LogP contribution in [0, 0.1) is 0 Å². The average Bonchev–Trinajstić information content (AvgIpc) is 2.97. The molecule has 118 valence electrons. The number of anilines is 1. The van der Waals surface area contributed by atoms with E-state index in [2.05, 4.69) is 43.7 Å². The van der Waals surface area contributed by atoms with Crippen molar-refractivity contribution >= 4 is 38.4 Å². The van der Waals surface area contributed by atoms with E-state index in [1.54, 1.807) is 0 Å². The van der Waals surface area contributed by atoms with Gasteiger partial charge < -0.3 is 15.6 Å². The van der Waals surface area contributed by atoms with Gasteiger partial charge in [0.05, 0.1) is 6.54 Å². The van der Waals surface area contributed by atoms with E-state index in [-0.39, 0.29) is 5.91 Å². The number of halogens is 1. The van der Waals surface area contributed by atoms with E-state index in [1.165, 1.54) is 10.9 Å². The summed E-state index contributed by atoms with van der Waals surface area (Å²) >= 11 is 3.37. The Morgan fingerprint density at radius 3 is 2.70 bits per heavy atom. The number of para-hydroxylation sites is 1. The summed E-state index contributed by atoms with van der Waals surface area (Å²) in [6, 6.07) is 15.8. The standard InChI is InChI=1S/C18H18BrN3O/c19-14-5-7-15(8-6-14)22-18(23)12-20-10-9-13-11-21-17-4-2-1-3-16(13)17/h1-8,11,20-21H,9-10,12H2,(H,22,23). The lowest BCUT2D eigenvalue weighted by Gasteiger charge is -2.07. The maximum atomic E-state index is 11.9. The van der Waals surface area contributed by atoms with Crippen LogP contribution < -0.4 is 10.6 Å². The fourth-order valence-corrected chi connectivity index (χ4v) is 2.77. The molecule has 1 aromatic heterocycles. The van der Waals surface area contributed by atoms with Crippen molar-refractivity contribution in [3.8, 4) is 0 Å². The van der Waals surface area contributed by atoms with Crippen LogP contribution in [-0.4, -0.2) is 24.0 Å². The molecule has 3 N–H and O–H groups in total. The van der Waals surface area contributed by atoms with Gasteiger partial charge in [-0.3, -0.25) is 4.79 Å². The molecule has 3 rings (SSSR count). The first-order valence-electron chi connectivity index (χ1n) is 7.53. The van der Waals surface area contributed by atoms with Gasteiger partial charge in [0.25, 0.3) is 0 Å². The summed E-state index contributed by atoms with van der Waals surface area (Å²) in [6.07, 6.45) is 2.92. The molecule has 23 heavy (non-hydrogen) atoms. The number of carbonyl (C=O) groups excluding carboxylic acids is 1. The van der Waals surface area contributed by atoms with Gasteiger partial charge in [0, 0.05) is 27.3 Å². The normalized spacial score (nSPS) is 10.8. The number of hydrogen-bond acceptors (Lipinski definition) is 2. The van der Waals surface area contributed by atoms with Crippen molar-refractivity contribution in [3.05, 3.63) is 64.8 Å². The SMILES string of the molecule is O=C(CNCCc1c[nH]c2ccccc12)Nc1ccc(Br)cc1. The van der Waals surface area contributed by atoms with E-state index in [0.717, 1.165) is 28.6 Å². The molecule has 5 heteroatoms. The zero-order valence-electron chi connectivity index (χ0n) is 12.6. The van der Waals surface area contributed by atoms with E-state index >= 15 is 0 Å². The van der Waals surface area contributed by atoms with E-state index in [4.69, 9.17) is 0 Å². The zero-order chi connectivity index (χ0) is 16.1. The second kappa shape index (κ2) is 7.44. The van der Waals surface area contributed by atoms with Gasteiger partial charge >= 0.3 is 0 Å². The third-order valence-corrected chi connectivity index (χ3v) is 4.19. The van der Waals surface area contributed by atoms with Crippen molar-refractivity contribution in [3.63, 3.8) is 0 Å². The molecule has 0 saturated carbocycles. The molecule has 2 aromatic carbocycles. The largest absolute Gasteiger partial charge is 0.361 e. The molecule has 0 fully saturated rings. The predicted molar refractivity (Wildman–Crippen MR) is 97.6 cm³/mol. The molecule has 1 heterocycles. The molecule has 0 bridgehead atoms. The summed E-state index contributed by atoms with van der Waals surface area (Å²) in [5.74, 6) is -0.0359. The van der Waals surface area contributed by atoms with Crippen LogP contribution in [0.3, 0.4) is 0 Å². The highest BCUT2D eigenvalue weighted by Gasteiger charge is 2.04. The van der Waals surface area contributed by atoms with Crippen LogP contribution >= 0.6 is 15.9 Å². The fraction of sp³-hybridized carbons (Fsp3) is 0.167. The molecular formula is C18H18BrN3O. The summed E-state index contributed by atoms with van der Waals surface area (Å²) in [5, 5.41) is 7.29. The van der Waals surface area contributed by atoms with Gasteiger partial charge in [-0.2, -0.15) is 0 Å². The number of benzene rings is 2. The molecule has 0 atom stereocenters. The highest BCUT2D eigenvalue weighted by Crippen LogP contribution is 2.17. The summed E-state index contributed by atoms with van der Waals surface area (Å²) in [6.45, 7) is 1.06. The number of rotatable bonds is 6. The van der Waals surface area contributed by atoms with Crippen LogP contribution in [0.2, 0.25) is 0 Å². The van der Waals surface area contributed by atoms with Gasteiger partial charge in [0.1, 0.15) is 0 Å². The highest BCUT2D eigenvalue weighted by atomic mass is 79.9. The lowest BCUT2D eigenvalue weighted by Crippen LogP contribution is -2.29. The minimum absolute atomic E-state index is 0.0359. The molecule has 1 amide bonds. The number of hydrogen-bond donors (Lipinski definition) is 3. The molecule has 0 unspecified atom stereocenters. The van der Waals surface area contributed by atoms with Crippen LogP contribution in [0.1, 0.15) is 5.56 Å². The molecule has 4 nitrogen and oxygen atoms in total. The van der Waals surface area contributed by atoms with Crippen LogP contribution in [0.25, 0.3) is 10.9 Å². The van der Waals surface area contributed by atoms with Crippen LogP contribution in [0.5, 0.6) is 0 Å². The maximum Gasteiger partial charge on any atom is 0.238 e. The fourth-order valence-electron chi connectivity index (χ4n) is 2.50. The summed E-state index contributed by atoms with van der Waals surface area (Å²) in [5.41, 5.74) is 3.22. The van der Waals surface area contributed by atoms with Crippen molar-refractivity contribution in [2.75, 3.05) is 18.4 Å². The van der Waals surface area contributed by atoms with Gasteiger partial charge in [-0.25, -0.2) is 0 Å².